The minimum atomic E-state index is -4.95. The summed E-state index contributed by atoms with van der Waals surface area (Å²) in [6, 6.07) is 12.3. The van der Waals surface area contributed by atoms with Crippen LogP contribution in [0.1, 0.15) is 27.3 Å². The molecule has 0 atom stereocenters. The first-order valence-corrected chi connectivity index (χ1v) is 11.6. The molecule has 0 radical (unpaired) electrons. The van der Waals surface area contributed by atoms with Crippen molar-refractivity contribution in [3.05, 3.63) is 76.9 Å². The van der Waals surface area contributed by atoms with Crippen LogP contribution in [0.5, 0.6) is 0 Å². The summed E-state index contributed by atoms with van der Waals surface area (Å²) in [6.07, 6.45) is -4.95. The number of halogens is 4. The molecule has 0 spiro atoms. The Morgan fingerprint density at radius 1 is 1.08 bits per heavy atom. The number of anilines is 1. The van der Waals surface area contributed by atoms with E-state index in [1.165, 1.54) is 13.0 Å². The van der Waals surface area contributed by atoms with Crippen LogP contribution in [0.2, 0.25) is 0 Å². The number of aromatic nitrogens is 4. The second-order valence-electron chi connectivity index (χ2n) is 8.83. The summed E-state index contributed by atoms with van der Waals surface area (Å²) in [5.74, 6) is -1.64. The number of aryl methyl sites for hydroxylation is 1. The number of hydrogen-bond donors (Lipinski definition) is 2. The van der Waals surface area contributed by atoms with Crippen LogP contribution in [0.4, 0.5) is 23.4 Å². The topological polar surface area (TPSA) is 88.0 Å². The average Bonchev–Trinajstić information content (AvgIpc) is 3.31. The minimum absolute atomic E-state index is 0.0410. The second kappa shape index (κ2) is 9.87. The number of nitrogens with zero attached hydrogens (tertiary/aromatic N) is 5. The maximum absolute atomic E-state index is 14.0. The van der Waals surface area contributed by atoms with Gasteiger partial charge in [-0.1, -0.05) is 11.3 Å². The molecule has 37 heavy (non-hydrogen) atoms. The highest BCUT2D eigenvalue weighted by atomic mass is 19.4. The summed E-state index contributed by atoms with van der Waals surface area (Å²) in [5.41, 5.74) is -0.405. The van der Waals surface area contributed by atoms with Crippen molar-refractivity contribution in [2.45, 2.75) is 19.6 Å². The van der Waals surface area contributed by atoms with Gasteiger partial charge < -0.3 is 10.6 Å². The molecule has 1 fully saturated rings. The number of carbonyl (C=O) groups excluding carboxylic acids is 1. The Labute approximate surface area is 209 Å². The van der Waals surface area contributed by atoms with Crippen LogP contribution in [0, 0.1) is 12.7 Å². The predicted molar refractivity (Wildman–Crippen MR) is 129 cm³/mol. The van der Waals surface area contributed by atoms with Crippen LogP contribution in [-0.4, -0.2) is 57.0 Å². The van der Waals surface area contributed by atoms with Crippen molar-refractivity contribution in [2.24, 2.45) is 0 Å². The van der Waals surface area contributed by atoms with Gasteiger partial charge in [-0.15, -0.1) is 5.10 Å². The molecule has 1 amide bonds. The molecule has 1 aliphatic heterocycles. The lowest BCUT2D eigenvalue weighted by Crippen LogP contribution is -2.42. The Balaban J connectivity index is 1.39. The van der Waals surface area contributed by atoms with Gasteiger partial charge in [0.05, 0.1) is 11.2 Å². The van der Waals surface area contributed by atoms with Crippen LogP contribution in [0.25, 0.3) is 16.6 Å². The largest absolute Gasteiger partial charge is 0.435 e. The van der Waals surface area contributed by atoms with E-state index < -0.39 is 29.3 Å². The van der Waals surface area contributed by atoms with Crippen molar-refractivity contribution >= 4 is 22.6 Å². The summed E-state index contributed by atoms with van der Waals surface area (Å²) in [6.45, 7) is 6.07. The van der Waals surface area contributed by atoms with Crippen molar-refractivity contribution in [2.75, 3.05) is 31.5 Å². The van der Waals surface area contributed by atoms with Crippen molar-refractivity contribution in [3.8, 4) is 5.69 Å². The first-order valence-electron chi connectivity index (χ1n) is 11.6. The molecule has 5 rings (SSSR count). The number of hydrogen-bond acceptors (Lipinski definition) is 6. The molecule has 4 aromatic rings. The van der Waals surface area contributed by atoms with Gasteiger partial charge in [-0.25, -0.2) is 14.1 Å². The molecule has 1 aliphatic rings. The number of carbonyl (C=O) groups is 1. The predicted octanol–water partition coefficient (Wildman–Crippen LogP) is 3.94. The summed E-state index contributed by atoms with van der Waals surface area (Å²) in [7, 11) is 0. The molecule has 0 saturated carbocycles. The fourth-order valence-corrected chi connectivity index (χ4v) is 4.36. The standard InChI is InChI=1S/C25H23F4N7O/c1-15-12-18(26)4-6-20(15)36-23(25(27,28)29)22(33-34-36)24(37)32-21-7-3-17-13-16(2-5-19(17)31-21)14-35-10-8-30-9-11-35/h2-7,12-13,30H,8-11,14H2,1H3,(H,31,32,37). The lowest BCUT2D eigenvalue weighted by Gasteiger charge is -2.27. The van der Waals surface area contributed by atoms with E-state index in [2.05, 4.69) is 30.8 Å². The van der Waals surface area contributed by atoms with Crippen LogP contribution < -0.4 is 10.6 Å². The number of piperazine rings is 1. The van der Waals surface area contributed by atoms with Gasteiger partial charge in [-0.2, -0.15) is 13.2 Å². The number of rotatable bonds is 5. The molecule has 3 heterocycles. The molecule has 2 aromatic carbocycles. The molecule has 0 bridgehead atoms. The maximum Gasteiger partial charge on any atom is 0.435 e. The zero-order valence-electron chi connectivity index (χ0n) is 19.8. The monoisotopic (exact) mass is 513 g/mol. The van der Waals surface area contributed by atoms with Gasteiger partial charge in [0, 0.05) is 38.1 Å². The van der Waals surface area contributed by atoms with E-state index in [1.807, 2.05) is 18.2 Å². The Hall–Kier alpha value is -3.90. The third-order valence-corrected chi connectivity index (χ3v) is 6.15. The molecular weight excluding hydrogens is 490 g/mol. The van der Waals surface area contributed by atoms with Crippen LogP contribution in [0.3, 0.4) is 0 Å². The van der Waals surface area contributed by atoms with Gasteiger partial charge in [0.25, 0.3) is 5.91 Å². The van der Waals surface area contributed by atoms with Crippen LogP contribution in [-0.2, 0) is 12.7 Å². The van der Waals surface area contributed by atoms with Crippen molar-refractivity contribution in [1.29, 1.82) is 0 Å². The molecule has 2 aromatic heterocycles. The summed E-state index contributed by atoms with van der Waals surface area (Å²) < 4.78 is 55.9. The van der Waals surface area contributed by atoms with Gasteiger partial charge in [-0.05, 0) is 60.5 Å². The average molecular weight is 513 g/mol. The van der Waals surface area contributed by atoms with E-state index in [9.17, 15) is 22.4 Å². The highest BCUT2D eigenvalue weighted by Gasteiger charge is 2.42. The minimum Gasteiger partial charge on any atom is -0.314 e. The lowest BCUT2D eigenvalue weighted by molar-refractivity contribution is -0.143. The number of benzene rings is 2. The highest BCUT2D eigenvalue weighted by Crippen LogP contribution is 2.34. The normalized spacial score (nSPS) is 14.7. The van der Waals surface area contributed by atoms with Gasteiger partial charge >= 0.3 is 6.18 Å². The number of fused-ring (bicyclic) bond motifs is 1. The van der Waals surface area contributed by atoms with Gasteiger partial charge in [-0.3, -0.25) is 9.69 Å². The maximum atomic E-state index is 14.0. The summed E-state index contributed by atoms with van der Waals surface area (Å²) in [5, 5.41) is 13.6. The Morgan fingerprint density at radius 2 is 1.86 bits per heavy atom. The van der Waals surface area contributed by atoms with Gasteiger partial charge in [0.1, 0.15) is 11.6 Å². The first kappa shape index (κ1) is 24.8. The lowest BCUT2D eigenvalue weighted by atomic mass is 10.1. The Morgan fingerprint density at radius 3 is 2.59 bits per heavy atom. The molecule has 0 unspecified atom stereocenters. The van der Waals surface area contributed by atoms with Crippen molar-refractivity contribution < 1.29 is 22.4 Å². The van der Waals surface area contributed by atoms with Crippen LogP contribution >= 0.6 is 0 Å². The third kappa shape index (κ3) is 5.30. The molecule has 12 heteroatoms. The number of amides is 1. The summed E-state index contributed by atoms with van der Waals surface area (Å²) in [4.78, 5) is 19.6. The molecule has 1 saturated heterocycles. The molecule has 2 N–H and O–H groups in total. The van der Waals surface area contributed by atoms with E-state index in [0.29, 0.717) is 10.2 Å². The van der Waals surface area contributed by atoms with E-state index in [0.717, 1.165) is 61.9 Å². The van der Waals surface area contributed by atoms with Gasteiger partial charge in [0.15, 0.2) is 11.4 Å². The summed E-state index contributed by atoms with van der Waals surface area (Å²) >= 11 is 0. The quantitative estimate of drug-likeness (QED) is 0.393. The van der Waals surface area contributed by atoms with E-state index in [4.69, 9.17) is 0 Å². The fourth-order valence-electron chi connectivity index (χ4n) is 4.36. The van der Waals surface area contributed by atoms with Gasteiger partial charge in [0.2, 0.25) is 0 Å². The number of nitrogens with one attached hydrogen (secondary N) is 2. The second-order valence-corrected chi connectivity index (χ2v) is 8.83. The first-order chi connectivity index (χ1) is 17.7. The zero-order valence-corrected chi connectivity index (χ0v) is 19.8. The Kier molecular flexibility index (Phi) is 6.61. The van der Waals surface area contributed by atoms with E-state index in [-0.39, 0.29) is 17.1 Å². The van der Waals surface area contributed by atoms with E-state index in [1.54, 1.807) is 6.07 Å². The SMILES string of the molecule is Cc1cc(F)ccc1-n1nnc(C(=O)Nc2ccc3cc(CN4CCNCC4)ccc3n2)c1C(F)(F)F. The van der Waals surface area contributed by atoms with Crippen LogP contribution in [0.15, 0.2) is 48.5 Å². The van der Waals surface area contributed by atoms with Crippen molar-refractivity contribution in [1.82, 2.24) is 30.2 Å². The highest BCUT2D eigenvalue weighted by molar-refractivity contribution is 6.03. The zero-order chi connectivity index (χ0) is 26.2. The smallest absolute Gasteiger partial charge is 0.314 e. The number of pyridine rings is 1. The van der Waals surface area contributed by atoms with Crippen molar-refractivity contribution in [3.63, 3.8) is 0 Å². The third-order valence-electron chi connectivity index (χ3n) is 6.15. The molecule has 192 valence electrons. The molecular formula is C25H23F4N7O. The Bertz CT molecular complexity index is 1460. The van der Waals surface area contributed by atoms with E-state index >= 15 is 0 Å². The number of alkyl halides is 3. The fraction of sp³-hybridized carbons (Fsp3) is 0.280. The molecule has 8 nitrogen and oxygen atoms in total. The molecule has 0 aliphatic carbocycles.